The fraction of sp³-hybridized carbons (Fsp3) is 0.357. The topological polar surface area (TPSA) is 91.8 Å². The van der Waals surface area contributed by atoms with E-state index in [1.54, 1.807) is 12.3 Å². The van der Waals surface area contributed by atoms with Gasteiger partial charge in [0.15, 0.2) is 5.69 Å². The van der Waals surface area contributed by atoms with Gasteiger partial charge in [0.2, 0.25) is 0 Å². The van der Waals surface area contributed by atoms with E-state index in [4.69, 9.17) is 0 Å². The minimum absolute atomic E-state index is 0.0863. The molecule has 1 aliphatic heterocycles. The number of nitrogens with zero attached hydrogens (tertiary/aromatic N) is 2. The van der Waals surface area contributed by atoms with Crippen molar-refractivity contribution in [3.8, 4) is 0 Å². The summed E-state index contributed by atoms with van der Waals surface area (Å²) in [6, 6.07) is 3.05. The molecule has 7 nitrogen and oxygen atoms in total. The molecule has 110 valence electrons. The smallest absolute Gasteiger partial charge is 0.276 e. The summed E-state index contributed by atoms with van der Waals surface area (Å²) in [5, 5.41) is 13.0. The summed E-state index contributed by atoms with van der Waals surface area (Å²) in [6.07, 6.45) is 2.48. The normalized spacial score (nSPS) is 13.8. The lowest BCUT2D eigenvalue weighted by Gasteiger charge is -2.13. The van der Waals surface area contributed by atoms with Crippen LogP contribution in [0.1, 0.15) is 28.7 Å². The van der Waals surface area contributed by atoms with E-state index in [-0.39, 0.29) is 11.5 Å². The van der Waals surface area contributed by atoms with Gasteiger partial charge in [-0.05, 0) is 13.0 Å². The highest BCUT2D eigenvalue weighted by molar-refractivity contribution is 6.03. The average Bonchev–Trinajstić information content (AvgIpc) is 2.93. The quantitative estimate of drug-likeness (QED) is 0.766. The maximum atomic E-state index is 12.3. The van der Waals surface area contributed by atoms with Crippen LogP contribution in [0.15, 0.2) is 23.1 Å². The summed E-state index contributed by atoms with van der Waals surface area (Å²) < 4.78 is 1.54. The van der Waals surface area contributed by atoms with Crippen molar-refractivity contribution in [2.24, 2.45) is 0 Å². The van der Waals surface area contributed by atoms with E-state index in [0.717, 1.165) is 24.2 Å². The summed E-state index contributed by atoms with van der Waals surface area (Å²) in [4.78, 5) is 23.9. The SMILES string of the molecule is CCn1cc(NC(=O)c2n[nH]c3c2CNCC3)ccc1=O. The molecule has 2 aromatic rings. The average molecular weight is 287 g/mol. The molecule has 0 aromatic carbocycles. The molecule has 1 aliphatic rings. The Morgan fingerprint density at radius 1 is 1.48 bits per heavy atom. The van der Waals surface area contributed by atoms with E-state index in [1.807, 2.05) is 6.92 Å². The van der Waals surface area contributed by atoms with Crippen molar-refractivity contribution in [2.45, 2.75) is 26.4 Å². The number of nitrogens with one attached hydrogen (secondary N) is 3. The molecule has 0 saturated heterocycles. The van der Waals surface area contributed by atoms with Crippen LogP contribution in [0.2, 0.25) is 0 Å². The van der Waals surface area contributed by atoms with Crippen LogP contribution in [-0.4, -0.2) is 27.2 Å². The Morgan fingerprint density at radius 3 is 3.14 bits per heavy atom. The van der Waals surface area contributed by atoms with Crippen LogP contribution >= 0.6 is 0 Å². The second-order valence-electron chi connectivity index (χ2n) is 4.95. The third-order valence-corrected chi connectivity index (χ3v) is 3.60. The zero-order valence-corrected chi connectivity index (χ0v) is 11.8. The monoisotopic (exact) mass is 287 g/mol. The van der Waals surface area contributed by atoms with Crippen LogP contribution in [0.3, 0.4) is 0 Å². The molecule has 0 unspecified atom stereocenters. The lowest BCUT2D eigenvalue weighted by Crippen LogP contribution is -2.25. The van der Waals surface area contributed by atoms with Crippen LogP contribution in [0, 0.1) is 0 Å². The number of aromatic amines is 1. The Hall–Kier alpha value is -2.41. The highest BCUT2D eigenvalue weighted by atomic mass is 16.2. The minimum Gasteiger partial charge on any atom is -0.319 e. The first-order valence-corrected chi connectivity index (χ1v) is 6.97. The maximum Gasteiger partial charge on any atom is 0.276 e. The fourth-order valence-corrected chi connectivity index (χ4v) is 2.46. The maximum absolute atomic E-state index is 12.3. The zero-order valence-electron chi connectivity index (χ0n) is 11.8. The van der Waals surface area contributed by atoms with Crippen molar-refractivity contribution in [3.63, 3.8) is 0 Å². The second kappa shape index (κ2) is 5.53. The molecule has 0 spiro atoms. The van der Waals surface area contributed by atoms with E-state index in [2.05, 4.69) is 20.8 Å². The lowest BCUT2D eigenvalue weighted by molar-refractivity contribution is 0.102. The number of H-pyrrole nitrogens is 1. The number of hydrogen-bond acceptors (Lipinski definition) is 4. The van der Waals surface area contributed by atoms with Crippen molar-refractivity contribution < 1.29 is 4.79 Å². The number of carbonyl (C=O) groups excluding carboxylic acids is 1. The van der Waals surface area contributed by atoms with Crippen molar-refractivity contribution in [1.82, 2.24) is 20.1 Å². The van der Waals surface area contributed by atoms with Gasteiger partial charge in [-0.2, -0.15) is 5.10 Å². The zero-order chi connectivity index (χ0) is 14.8. The molecule has 0 bridgehead atoms. The third kappa shape index (κ3) is 2.59. The van der Waals surface area contributed by atoms with Gasteiger partial charge >= 0.3 is 0 Å². The van der Waals surface area contributed by atoms with Crippen molar-refractivity contribution >= 4 is 11.6 Å². The summed E-state index contributed by atoms with van der Waals surface area (Å²) in [5.74, 6) is -0.266. The van der Waals surface area contributed by atoms with E-state index in [1.165, 1.54) is 10.6 Å². The van der Waals surface area contributed by atoms with Gasteiger partial charge in [0, 0.05) is 49.6 Å². The van der Waals surface area contributed by atoms with Gasteiger partial charge in [-0.25, -0.2) is 0 Å². The molecule has 1 amide bonds. The first-order valence-electron chi connectivity index (χ1n) is 6.97. The summed E-state index contributed by atoms with van der Waals surface area (Å²) in [7, 11) is 0. The van der Waals surface area contributed by atoms with Crippen molar-refractivity contribution in [1.29, 1.82) is 0 Å². The molecule has 3 rings (SSSR count). The number of rotatable bonds is 3. The molecule has 0 fully saturated rings. The van der Waals surface area contributed by atoms with E-state index in [0.29, 0.717) is 24.5 Å². The van der Waals surface area contributed by atoms with E-state index in [9.17, 15) is 9.59 Å². The Bertz CT molecular complexity index is 731. The fourth-order valence-electron chi connectivity index (χ4n) is 2.46. The number of aromatic nitrogens is 3. The first kappa shape index (κ1) is 13.6. The Labute approximate surface area is 121 Å². The van der Waals surface area contributed by atoms with Gasteiger partial charge in [-0.1, -0.05) is 0 Å². The molecule has 0 saturated carbocycles. The molecule has 2 aromatic heterocycles. The number of aryl methyl sites for hydroxylation is 1. The van der Waals surface area contributed by atoms with Gasteiger partial charge in [0.25, 0.3) is 11.5 Å². The molecule has 3 heterocycles. The minimum atomic E-state index is -0.266. The van der Waals surface area contributed by atoms with Gasteiger partial charge in [0.05, 0.1) is 5.69 Å². The van der Waals surface area contributed by atoms with E-state index >= 15 is 0 Å². The van der Waals surface area contributed by atoms with Gasteiger partial charge < -0.3 is 15.2 Å². The highest BCUT2D eigenvalue weighted by Gasteiger charge is 2.21. The third-order valence-electron chi connectivity index (χ3n) is 3.60. The number of fused-ring (bicyclic) bond motifs is 1. The molecule has 0 atom stereocenters. The summed E-state index contributed by atoms with van der Waals surface area (Å²) in [5.41, 5.74) is 2.84. The molecule has 0 aliphatic carbocycles. The predicted molar refractivity (Wildman–Crippen MR) is 78.3 cm³/mol. The first-order chi connectivity index (χ1) is 10.2. The Kier molecular flexibility index (Phi) is 3.57. The van der Waals surface area contributed by atoms with Crippen LogP contribution in [0.5, 0.6) is 0 Å². The van der Waals surface area contributed by atoms with Gasteiger partial charge in [0.1, 0.15) is 0 Å². The predicted octanol–water partition coefficient (Wildman–Crippen LogP) is 0.489. The number of anilines is 1. The Morgan fingerprint density at radius 2 is 2.33 bits per heavy atom. The highest BCUT2D eigenvalue weighted by Crippen LogP contribution is 2.16. The van der Waals surface area contributed by atoms with Gasteiger partial charge in [-0.15, -0.1) is 0 Å². The number of pyridine rings is 1. The van der Waals surface area contributed by atoms with Crippen molar-refractivity contribution in [3.05, 3.63) is 45.6 Å². The van der Waals surface area contributed by atoms with Crippen LogP contribution in [0.25, 0.3) is 0 Å². The van der Waals surface area contributed by atoms with Crippen LogP contribution < -0.4 is 16.2 Å². The molecule has 7 heteroatoms. The second-order valence-corrected chi connectivity index (χ2v) is 4.95. The molecule has 3 N–H and O–H groups in total. The number of hydrogen-bond donors (Lipinski definition) is 3. The number of amides is 1. The number of carbonyl (C=O) groups is 1. The van der Waals surface area contributed by atoms with Gasteiger partial charge in [-0.3, -0.25) is 14.7 Å². The molecular formula is C14H17N5O2. The Balaban J connectivity index is 1.83. The lowest BCUT2D eigenvalue weighted by atomic mass is 10.1. The van der Waals surface area contributed by atoms with Crippen LogP contribution in [-0.2, 0) is 19.5 Å². The standard InChI is InChI=1S/C14H17N5O2/c1-2-19-8-9(3-4-12(19)20)16-14(21)13-10-7-15-6-5-11(10)17-18-13/h3-4,8,15H,2,5-7H2,1H3,(H,16,21)(H,17,18). The van der Waals surface area contributed by atoms with Crippen molar-refractivity contribution in [2.75, 3.05) is 11.9 Å². The summed E-state index contributed by atoms with van der Waals surface area (Å²) in [6.45, 7) is 3.97. The molecule has 21 heavy (non-hydrogen) atoms. The largest absolute Gasteiger partial charge is 0.319 e. The van der Waals surface area contributed by atoms with E-state index < -0.39 is 0 Å². The summed E-state index contributed by atoms with van der Waals surface area (Å²) >= 11 is 0. The van der Waals surface area contributed by atoms with Crippen LogP contribution in [0.4, 0.5) is 5.69 Å². The molecular weight excluding hydrogens is 270 g/mol. The molecule has 0 radical (unpaired) electrons.